The molecule has 1 fully saturated rings. The molecule has 0 atom stereocenters. The van der Waals surface area contributed by atoms with E-state index >= 15 is 0 Å². The van der Waals surface area contributed by atoms with Gasteiger partial charge in [0.25, 0.3) is 0 Å². The number of hydrogen-bond donors (Lipinski definition) is 0. The van der Waals surface area contributed by atoms with E-state index in [2.05, 4.69) is 6.08 Å². The second-order valence-corrected chi connectivity index (χ2v) is 2.55. The SMILES string of the molecule is O=C1CCCN1C1=CC1. The molecule has 2 aliphatic rings. The van der Waals surface area contributed by atoms with E-state index in [1.165, 1.54) is 5.70 Å². The molecule has 0 unspecified atom stereocenters. The third-order valence-corrected chi connectivity index (χ3v) is 1.81. The summed E-state index contributed by atoms with van der Waals surface area (Å²) in [6, 6.07) is 0. The van der Waals surface area contributed by atoms with E-state index in [1.807, 2.05) is 4.90 Å². The Morgan fingerprint density at radius 1 is 1.56 bits per heavy atom. The third kappa shape index (κ3) is 0.745. The van der Waals surface area contributed by atoms with Crippen LogP contribution in [-0.4, -0.2) is 17.4 Å². The highest BCUT2D eigenvalue weighted by molar-refractivity contribution is 5.80. The molecule has 1 aliphatic carbocycles. The van der Waals surface area contributed by atoms with Crippen LogP contribution in [0.4, 0.5) is 0 Å². The fourth-order valence-electron chi connectivity index (χ4n) is 1.22. The average Bonchev–Trinajstić information content (AvgIpc) is 2.58. The molecular weight excluding hydrogens is 114 g/mol. The summed E-state index contributed by atoms with van der Waals surface area (Å²) in [5.41, 5.74) is 1.25. The molecule has 2 nitrogen and oxygen atoms in total. The van der Waals surface area contributed by atoms with Crippen LogP contribution in [0.25, 0.3) is 0 Å². The zero-order chi connectivity index (χ0) is 6.27. The van der Waals surface area contributed by atoms with Crippen molar-refractivity contribution in [2.45, 2.75) is 19.3 Å². The van der Waals surface area contributed by atoms with Crippen LogP contribution in [0.5, 0.6) is 0 Å². The van der Waals surface area contributed by atoms with Crippen LogP contribution in [0.2, 0.25) is 0 Å². The zero-order valence-electron chi connectivity index (χ0n) is 5.26. The van der Waals surface area contributed by atoms with Gasteiger partial charge in [-0.1, -0.05) is 6.08 Å². The largest absolute Gasteiger partial charge is 0.316 e. The van der Waals surface area contributed by atoms with Crippen molar-refractivity contribution < 1.29 is 4.79 Å². The fraction of sp³-hybridized carbons (Fsp3) is 0.571. The van der Waals surface area contributed by atoms with Gasteiger partial charge in [0.1, 0.15) is 0 Å². The Morgan fingerprint density at radius 3 is 2.78 bits per heavy atom. The van der Waals surface area contributed by atoms with Gasteiger partial charge in [0, 0.05) is 25.1 Å². The van der Waals surface area contributed by atoms with Crippen LogP contribution < -0.4 is 0 Å². The maximum absolute atomic E-state index is 10.9. The maximum atomic E-state index is 10.9. The number of amides is 1. The van der Waals surface area contributed by atoms with Crippen LogP contribution in [0.1, 0.15) is 19.3 Å². The summed E-state index contributed by atoms with van der Waals surface area (Å²) in [7, 11) is 0. The molecule has 1 saturated heterocycles. The molecule has 1 amide bonds. The molecule has 1 aliphatic heterocycles. The molecule has 0 N–H and O–H groups in total. The summed E-state index contributed by atoms with van der Waals surface area (Å²) in [5, 5.41) is 0. The second-order valence-electron chi connectivity index (χ2n) is 2.55. The van der Waals surface area contributed by atoms with Crippen LogP contribution in [0, 0.1) is 0 Å². The van der Waals surface area contributed by atoms with Crippen molar-refractivity contribution in [3.8, 4) is 0 Å². The highest BCUT2D eigenvalue weighted by Gasteiger charge is 2.26. The van der Waals surface area contributed by atoms with Gasteiger partial charge in [0.2, 0.25) is 5.91 Å². The van der Waals surface area contributed by atoms with E-state index < -0.39 is 0 Å². The highest BCUT2D eigenvalue weighted by atomic mass is 16.2. The molecule has 0 saturated carbocycles. The van der Waals surface area contributed by atoms with Gasteiger partial charge in [0.05, 0.1) is 0 Å². The molecule has 0 aromatic rings. The van der Waals surface area contributed by atoms with Gasteiger partial charge >= 0.3 is 0 Å². The van der Waals surface area contributed by atoms with Crippen molar-refractivity contribution in [1.82, 2.24) is 4.90 Å². The van der Waals surface area contributed by atoms with Crippen LogP contribution in [0.15, 0.2) is 11.8 Å². The third-order valence-electron chi connectivity index (χ3n) is 1.81. The first kappa shape index (κ1) is 5.03. The molecule has 0 aromatic carbocycles. The summed E-state index contributed by atoms with van der Waals surface area (Å²) in [6.07, 6.45) is 4.96. The number of carbonyl (C=O) groups is 1. The topological polar surface area (TPSA) is 20.3 Å². The molecule has 1 heterocycles. The Morgan fingerprint density at radius 2 is 2.33 bits per heavy atom. The van der Waals surface area contributed by atoms with Gasteiger partial charge in [-0.3, -0.25) is 4.79 Å². The van der Waals surface area contributed by atoms with Gasteiger partial charge in [-0.25, -0.2) is 0 Å². The van der Waals surface area contributed by atoms with Crippen LogP contribution >= 0.6 is 0 Å². The Kier molecular flexibility index (Phi) is 0.891. The van der Waals surface area contributed by atoms with Gasteiger partial charge in [0.15, 0.2) is 0 Å². The number of rotatable bonds is 1. The van der Waals surface area contributed by atoms with Crippen molar-refractivity contribution in [3.63, 3.8) is 0 Å². The lowest BCUT2D eigenvalue weighted by Crippen LogP contribution is -2.19. The predicted molar refractivity (Wildman–Crippen MR) is 33.6 cm³/mol. The summed E-state index contributed by atoms with van der Waals surface area (Å²) in [5.74, 6) is 0.318. The molecule has 0 radical (unpaired) electrons. The average molecular weight is 123 g/mol. The lowest BCUT2D eigenvalue weighted by molar-refractivity contribution is -0.125. The van der Waals surface area contributed by atoms with E-state index in [0.29, 0.717) is 5.91 Å². The van der Waals surface area contributed by atoms with Gasteiger partial charge in [-0.05, 0) is 6.42 Å². The van der Waals surface area contributed by atoms with E-state index in [-0.39, 0.29) is 0 Å². The van der Waals surface area contributed by atoms with Crippen molar-refractivity contribution >= 4 is 5.91 Å². The Bertz CT molecular complexity index is 183. The molecular formula is C7H9NO. The monoisotopic (exact) mass is 123 g/mol. The first-order valence-corrected chi connectivity index (χ1v) is 3.37. The molecule has 2 rings (SSSR count). The summed E-state index contributed by atoms with van der Waals surface area (Å²) < 4.78 is 0. The quantitative estimate of drug-likeness (QED) is 0.507. The van der Waals surface area contributed by atoms with Crippen LogP contribution in [-0.2, 0) is 4.79 Å². The fourth-order valence-corrected chi connectivity index (χ4v) is 1.22. The highest BCUT2D eigenvalue weighted by Crippen LogP contribution is 2.27. The van der Waals surface area contributed by atoms with Crippen molar-refractivity contribution in [2.75, 3.05) is 6.54 Å². The molecule has 0 spiro atoms. The Balaban J connectivity index is 2.10. The standard InChI is InChI=1S/C7H9NO/c9-7-2-1-5-8(7)6-3-4-6/h3H,1-2,4-5H2. The van der Waals surface area contributed by atoms with E-state index in [0.717, 1.165) is 25.8 Å². The smallest absolute Gasteiger partial charge is 0.226 e. The first-order chi connectivity index (χ1) is 4.38. The van der Waals surface area contributed by atoms with Gasteiger partial charge in [-0.2, -0.15) is 0 Å². The lowest BCUT2D eigenvalue weighted by atomic mass is 10.4. The zero-order valence-corrected chi connectivity index (χ0v) is 5.26. The summed E-state index contributed by atoms with van der Waals surface area (Å²) >= 11 is 0. The Labute approximate surface area is 54.1 Å². The summed E-state index contributed by atoms with van der Waals surface area (Å²) in [6.45, 7) is 0.963. The maximum Gasteiger partial charge on any atom is 0.226 e. The Hall–Kier alpha value is -0.790. The molecule has 2 heteroatoms. The molecule has 48 valence electrons. The predicted octanol–water partition coefficient (Wildman–Crippen LogP) is 0.896. The lowest BCUT2D eigenvalue weighted by Gasteiger charge is -2.09. The molecule has 0 aromatic heterocycles. The van der Waals surface area contributed by atoms with Gasteiger partial charge < -0.3 is 4.90 Å². The minimum atomic E-state index is 0.318. The van der Waals surface area contributed by atoms with Crippen molar-refractivity contribution in [1.29, 1.82) is 0 Å². The first-order valence-electron chi connectivity index (χ1n) is 3.37. The van der Waals surface area contributed by atoms with Crippen molar-refractivity contribution in [2.24, 2.45) is 0 Å². The summed E-state index contributed by atoms with van der Waals surface area (Å²) in [4.78, 5) is 12.8. The van der Waals surface area contributed by atoms with Crippen molar-refractivity contribution in [3.05, 3.63) is 11.8 Å². The van der Waals surface area contributed by atoms with E-state index in [9.17, 15) is 4.79 Å². The minimum Gasteiger partial charge on any atom is -0.316 e. The number of nitrogens with zero attached hydrogens (tertiary/aromatic N) is 1. The van der Waals surface area contributed by atoms with E-state index in [1.54, 1.807) is 0 Å². The number of allylic oxidation sites excluding steroid dienone is 2. The van der Waals surface area contributed by atoms with Gasteiger partial charge in [-0.15, -0.1) is 0 Å². The normalized spacial score (nSPS) is 24.7. The minimum absolute atomic E-state index is 0.318. The second kappa shape index (κ2) is 1.59. The number of likely N-dealkylation sites (tertiary alicyclic amines) is 1. The number of hydrogen-bond acceptors (Lipinski definition) is 1. The molecule has 0 bridgehead atoms. The van der Waals surface area contributed by atoms with Crippen LogP contribution in [0.3, 0.4) is 0 Å². The van der Waals surface area contributed by atoms with E-state index in [4.69, 9.17) is 0 Å². The number of carbonyl (C=O) groups excluding carboxylic acids is 1. The molecule has 9 heavy (non-hydrogen) atoms.